The molecule has 0 aromatic heterocycles. The highest BCUT2D eigenvalue weighted by atomic mass is 16.6. The van der Waals surface area contributed by atoms with Crippen LogP contribution >= 0.6 is 0 Å². The SMILES string of the molecule is NOC1CCN(C2CCCCCC2)C1. The second-order valence-corrected chi connectivity index (χ2v) is 4.69. The van der Waals surface area contributed by atoms with Crippen LogP contribution in [-0.2, 0) is 4.84 Å². The van der Waals surface area contributed by atoms with Crippen molar-refractivity contribution in [3.05, 3.63) is 0 Å². The quantitative estimate of drug-likeness (QED) is 0.542. The Morgan fingerprint density at radius 1 is 1.00 bits per heavy atom. The lowest BCUT2D eigenvalue weighted by Gasteiger charge is -2.26. The summed E-state index contributed by atoms with van der Waals surface area (Å²) < 4.78 is 0. The summed E-state index contributed by atoms with van der Waals surface area (Å²) >= 11 is 0. The highest BCUT2D eigenvalue weighted by Gasteiger charge is 2.28. The molecule has 1 saturated heterocycles. The van der Waals surface area contributed by atoms with Gasteiger partial charge in [-0.25, -0.2) is 5.90 Å². The Balaban J connectivity index is 1.82. The number of rotatable bonds is 2. The number of nitrogens with zero attached hydrogens (tertiary/aromatic N) is 1. The lowest BCUT2D eigenvalue weighted by molar-refractivity contribution is 0.0544. The van der Waals surface area contributed by atoms with Gasteiger partial charge in [0, 0.05) is 19.1 Å². The summed E-state index contributed by atoms with van der Waals surface area (Å²) in [4.78, 5) is 7.51. The van der Waals surface area contributed by atoms with E-state index in [0.29, 0.717) is 6.10 Å². The highest BCUT2D eigenvalue weighted by Crippen LogP contribution is 2.25. The van der Waals surface area contributed by atoms with Crippen LogP contribution in [0, 0.1) is 0 Å². The zero-order chi connectivity index (χ0) is 9.80. The van der Waals surface area contributed by atoms with Crippen LogP contribution in [0.5, 0.6) is 0 Å². The summed E-state index contributed by atoms with van der Waals surface area (Å²) in [5.41, 5.74) is 0. The molecule has 1 unspecified atom stereocenters. The largest absolute Gasteiger partial charge is 0.300 e. The number of hydrogen-bond donors (Lipinski definition) is 1. The van der Waals surface area contributed by atoms with Crippen molar-refractivity contribution in [2.45, 2.75) is 57.1 Å². The minimum atomic E-state index is 0.290. The topological polar surface area (TPSA) is 38.5 Å². The second-order valence-electron chi connectivity index (χ2n) is 4.69. The first-order valence-electron chi connectivity index (χ1n) is 6.00. The predicted octanol–water partition coefficient (Wildman–Crippen LogP) is 1.67. The molecule has 0 amide bonds. The Hall–Kier alpha value is -0.120. The van der Waals surface area contributed by atoms with Crippen molar-refractivity contribution in [2.24, 2.45) is 5.90 Å². The Morgan fingerprint density at radius 2 is 1.71 bits per heavy atom. The van der Waals surface area contributed by atoms with Gasteiger partial charge in [0.15, 0.2) is 0 Å². The summed E-state index contributed by atoms with van der Waals surface area (Å²) in [6.45, 7) is 2.24. The van der Waals surface area contributed by atoms with Gasteiger partial charge in [-0.15, -0.1) is 0 Å². The van der Waals surface area contributed by atoms with Gasteiger partial charge in [0.1, 0.15) is 0 Å². The molecule has 0 aromatic rings. The van der Waals surface area contributed by atoms with E-state index in [1.54, 1.807) is 0 Å². The van der Waals surface area contributed by atoms with E-state index in [9.17, 15) is 0 Å². The molecular weight excluding hydrogens is 176 g/mol. The predicted molar refractivity (Wildman–Crippen MR) is 56.7 cm³/mol. The molecule has 1 saturated carbocycles. The minimum Gasteiger partial charge on any atom is -0.300 e. The fourth-order valence-electron chi connectivity index (χ4n) is 2.82. The van der Waals surface area contributed by atoms with Crippen LogP contribution in [0.4, 0.5) is 0 Å². The molecule has 14 heavy (non-hydrogen) atoms. The van der Waals surface area contributed by atoms with Crippen molar-refractivity contribution in [1.29, 1.82) is 0 Å². The molecular formula is C11H22N2O. The number of nitrogens with two attached hydrogens (primary N) is 1. The Labute approximate surface area is 86.5 Å². The van der Waals surface area contributed by atoms with Gasteiger partial charge >= 0.3 is 0 Å². The van der Waals surface area contributed by atoms with Gasteiger partial charge < -0.3 is 0 Å². The van der Waals surface area contributed by atoms with Crippen LogP contribution in [0.3, 0.4) is 0 Å². The maximum absolute atomic E-state index is 5.23. The smallest absolute Gasteiger partial charge is 0.0926 e. The fourth-order valence-corrected chi connectivity index (χ4v) is 2.82. The summed E-state index contributed by atoms with van der Waals surface area (Å²) in [7, 11) is 0. The molecule has 1 heterocycles. The molecule has 0 aromatic carbocycles. The fraction of sp³-hybridized carbons (Fsp3) is 1.00. The molecule has 82 valence electrons. The van der Waals surface area contributed by atoms with E-state index in [0.717, 1.165) is 19.0 Å². The molecule has 0 bridgehead atoms. The van der Waals surface area contributed by atoms with E-state index in [1.165, 1.54) is 45.1 Å². The highest BCUT2D eigenvalue weighted by molar-refractivity contribution is 4.82. The van der Waals surface area contributed by atoms with Crippen molar-refractivity contribution < 1.29 is 4.84 Å². The first-order valence-corrected chi connectivity index (χ1v) is 6.00. The molecule has 3 heteroatoms. The van der Waals surface area contributed by atoms with Crippen molar-refractivity contribution in [2.75, 3.05) is 13.1 Å². The van der Waals surface area contributed by atoms with Crippen LogP contribution in [0.25, 0.3) is 0 Å². The number of hydrogen-bond acceptors (Lipinski definition) is 3. The van der Waals surface area contributed by atoms with Gasteiger partial charge in [-0.3, -0.25) is 9.74 Å². The van der Waals surface area contributed by atoms with E-state index in [-0.39, 0.29) is 0 Å². The van der Waals surface area contributed by atoms with Crippen LogP contribution in [0.2, 0.25) is 0 Å². The average Bonchev–Trinajstić information content (AvgIpc) is 2.53. The molecule has 2 rings (SSSR count). The monoisotopic (exact) mass is 198 g/mol. The van der Waals surface area contributed by atoms with Crippen molar-refractivity contribution in [3.8, 4) is 0 Å². The molecule has 1 aliphatic carbocycles. The Morgan fingerprint density at radius 3 is 2.29 bits per heavy atom. The first kappa shape index (κ1) is 10.4. The zero-order valence-corrected chi connectivity index (χ0v) is 8.95. The van der Waals surface area contributed by atoms with Crippen molar-refractivity contribution in [3.63, 3.8) is 0 Å². The second kappa shape index (κ2) is 5.10. The van der Waals surface area contributed by atoms with Crippen LogP contribution in [-0.4, -0.2) is 30.1 Å². The van der Waals surface area contributed by atoms with Crippen LogP contribution < -0.4 is 5.90 Å². The maximum Gasteiger partial charge on any atom is 0.0926 e. The van der Waals surface area contributed by atoms with Gasteiger partial charge in [-0.2, -0.15) is 0 Å². The summed E-state index contributed by atoms with van der Waals surface area (Å²) in [5.74, 6) is 5.23. The lowest BCUT2D eigenvalue weighted by Crippen LogP contribution is -2.34. The maximum atomic E-state index is 5.23. The van der Waals surface area contributed by atoms with E-state index < -0.39 is 0 Å². The lowest BCUT2D eigenvalue weighted by atomic mass is 10.1. The Bertz CT molecular complexity index is 167. The third-order valence-corrected chi connectivity index (χ3v) is 3.71. The van der Waals surface area contributed by atoms with Gasteiger partial charge in [0.25, 0.3) is 0 Å². The molecule has 0 radical (unpaired) electrons. The summed E-state index contributed by atoms with van der Waals surface area (Å²) in [6, 6.07) is 0.817. The zero-order valence-electron chi connectivity index (χ0n) is 8.95. The summed E-state index contributed by atoms with van der Waals surface area (Å²) in [6.07, 6.45) is 9.87. The van der Waals surface area contributed by atoms with Crippen LogP contribution in [0.1, 0.15) is 44.9 Å². The van der Waals surface area contributed by atoms with Gasteiger partial charge in [-0.05, 0) is 19.3 Å². The van der Waals surface area contributed by atoms with E-state index in [2.05, 4.69) is 4.90 Å². The Kier molecular flexibility index (Phi) is 3.79. The molecule has 1 atom stereocenters. The number of likely N-dealkylation sites (tertiary alicyclic amines) is 1. The standard InChI is InChI=1S/C11H22N2O/c12-14-11-7-8-13(9-11)10-5-3-1-2-4-6-10/h10-11H,1-9,12H2. The van der Waals surface area contributed by atoms with Gasteiger partial charge in [0.2, 0.25) is 0 Å². The molecule has 2 fully saturated rings. The van der Waals surface area contributed by atoms with E-state index in [1.807, 2.05) is 0 Å². The van der Waals surface area contributed by atoms with Gasteiger partial charge in [0.05, 0.1) is 6.10 Å². The molecule has 0 spiro atoms. The van der Waals surface area contributed by atoms with Crippen molar-refractivity contribution >= 4 is 0 Å². The molecule has 1 aliphatic heterocycles. The minimum absolute atomic E-state index is 0.290. The average molecular weight is 198 g/mol. The van der Waals surface area contributed by atoms with Gasteiger partial charge in [-0.1, -0.05) is 25.7 Å². The van der Waals surface area contributed by atoms with Crippen LogP contribution in [0.15, 0.2) is 0 Å². The van der Waals surface area contributed by atoms with E-state index >= 15 is 0 Å². The molecule has 2 aliphatic rings. The van der Waals surface area contributed by atoms with Crippen molar-refractivity contribution in [1.82, 2.24) is 4.90 Å². The van der Waals surface area contributed by atoms with E-state index in [4.69, 9.17) is 10.7 Å². The third kappa shape index (κ3) is 2.47. The summed E-state index contributed by atoms with van der Waals surface area (Å²) in [5, 5.41) is 0. The first-order chi connectivity index (χ1) is 6.90. The molecule has 2 N–H and O–H groups in total. The normalized spacial score (nSPS) is 31.9. The third-order valence-electron chi connectivity index (χ3n) is 3.71. The molecule has 3 nitrogen and oxygen atoms in total.